The van der Waals surface area contributed by atoms with E-state index in [9.17, 15) is 9.59 Å². The molecule has 2 heterocycles. The minimum absolute atomic E-state index is 0.198. The molecule has 0 saturated heterocycles. The molecule has 9 heteroatoms. The highest BCUT2D eigenvalue weighted by atomic mass is 32.2. The molecule has 138 valence electrons. The molecule has 0 spiro atoms. The van der Waals surface area contributed by atoms with Crippen molar-refractivity contribution >= 4 is 29.4 Å². The summed E-state index contributed by atoms with van der Waals surface area (Å²) < 4.78 is 7.31. The van der Waals surface area contributed by atoms with Gasteiger partial charge in [-0.15, -0.1) is 0 Å². The first-order valence-corrected chi connectivity index (χ1v) is 9.10. The Labute approximate surface area is 155 Å². The van der Waals surface area contributed by atoms with Gasteiger partial charge in [0.2, 0.25) is 0 Å². The Hall–Kier alpha value is -2.68. The maximum atomic E-state index is 12.2. The van der Waals surface area contributed by atoms with Crippen LogP contribution in [0.4, 0.5) is 10.5 Å². The summed E-state index contributed by atoms with van der Waals surface area (Å²) >= 11 is 1.71. The van der Waals surface area contributed by atoms with Crippen LogP contribution in [0.25, 0.3) is 0 Å². The van der Waals surface area contributed by atoms with E-state index in [0.717, 1.165) is 23.1 Å². The third kappa shape index (κ3) is 3.93. The smallest absolute Gasteiger partial charge is 0.319 e. The number of amides is 3. The van der Waals surface area contributed by atoms with Crippen molar-refractivity contribution < 1.29 is 14.3 Å². The van der Waals surface area contributed by atoms with Crippen LogP contribution in [-0.2, 0) is 13.1 Å². The Morgan fingerprint density at radius 2 is 2.19 bits per heavy atom. The SMILES string of the molecule is COc1ccc(NC(=O)NCc2cn3c(n2)SCC3)cc1C(=O)N(C)C. The molecule has 0 unspecified atom stereocenters. The first-order chi connectivity index (χ1) is 12.5. The predicted molar refractivity (Wildman–Crippen MR) is 99.8 cm³/mol. The van der Waals surface area contributed by atoms with Crippen LogP contribution in [0.3, 0.4) is 0 Å². The number of rotatable bonds is 5. The van der Waals surface area contributed by atoms with Crippen molar-refractivity contribution in [3.8, 4) is 5.75 Å². The van der Waals surface area contributed by atoms with Crippen LogP contribution in [0, 0.1) is 0 Å². The Morgan fingerprint density at radius 1 is 1.38 bits per heavy atom. The minimum Gasteiger partial charge on any atom is -0.496 e. The fraction of sp³-hybridized carbons (Fsp3) is 0.353. The second kappa shape index (κ2) is 7.69. The normalized spacial score (nSPS) is 12.4. The van der Waals surface area contributed by atoms with Crippen LogP contribution in [0.2, 0.25) is 0 Å². The lowest BCUT2D eigenvalue weighted by atomic mass is 10.1. The summed E-state index contributed by atoms with van der Waals surface area (Å²) in [6.07, 6.45) is 1.96. The third-order valence-corrected chi connectivity index (χ3v) is 4.85. The van der Waals surface area contributed by atoms with Crippen molar-refractivity contribution in [3.63, 3.8) is 0 Å². The summed E-state index contributed by atoms with van der Waals surface area (Å²) in [6.45, 7) is 1.29. The zero-order valence-corrected chi connectivity index (χ0v) is 15.7. The number of methoxy groups -OCH3 is 1. The number of carbonyl (C=O) groups is 2. The van der Waals surface area contributed by atoms with E-state index in [-0.39, 0.29) is 11.9 Å². The van der Waals surface area contributed by atoms with Crippen molar-refractivity contribution in [2.75, 3.05) is 32.3 Å². The van der Waals surface area contributed by atoms with Crippen LogP contribution < -0.4 is 15.4 Å². The molecule has 2 aromatic rings. The Kier molecular flexibility index (Phi) is 5.36. The van der Waals surface area contributed by atoms with Crippen molar-refractivity contribution in [3.05, 3.63) is 35.7 Å². The van der Waals surface area contributed by atoms with Gasteiger partial charge in [-0.25, -0.2) is 9.78 Å². The van der Waals surface area contributed by atoms with Crippen molar-refractivity contribution in [1.29, 1.82) is 0 Å². The number of benzene rings is 1. The molecule has 1 aromatic carbocycles. The van der Waals surface area contributed by atoms with Crippen LogP contribution in [0.5, 0.6) is 5.75 Å². The molecule has 3 rings (SSSR count). The molecule has 1 aromatic heterocycles. The molecule has 0 radical (unpaired) electrons. The van der Waals surface area contributed by atoms with E-state index in [4.69, 9.17) is 4.74 Å². The lowest BCUT2D eigenvalue weighted by molar-refractivity contribution is 0.0824. The number of urea groups is 1. The van der Waals surface area contributed by atoms with E-state index < -0.39 is 0 Å². The zero-order valence-electron chi connectivity index (χ0n) is 14.9. The van der Waals surface area contributed by atoms with Crippen LogP contribution >= 0.6 is 11.8 Å². The molecule has 1 aliphatic heterocycles. The number of imidazole rings is 1. The lowest BCUT2D eigenvalue weighted by Crippen LogP contribution is -2.28. The number of aryl methyl sites for hydroxylation is 1. The van der Waals surface area contributed by atoms with E-state index >= 15 is 0 Å². The van der Waals surface area contributed by atoms with Gasteiger partial charge in [0.25, 0.3) is 5.91 Å². The molecule has 8 nitrogen and oxygen atoms in total. The maximum absolute atomic E-state index is 12.2. The van der Waals surface area contributed by atoms with Crippen molar-refractivity contribution in [2.45, 2.75) is 18.2 Å². The average Bonchev–Trinajstić information content (AvgIpc) is 3.20. The van der Waals surface area contributed by atoms with Gasteiger partial charge < -0.3 is 24.8 Å². The number of thioether (sulfide) groups is 1. The molecule has 0 atom stereocenters. The van der Waals surface area contributed by atoms with Crippen LogP contribution in [0.1, 0.15) is 16.1 Å². The average molecular weight is 375 g/mol. The molecule has 2 N–H and O–H groups in total. The highest BCUT2D eigenvalue weighted by Crippen LogP contribution is 2.25. The lowest BCUT2D eigenvalue weighted by Gasteiger charge is -2.15. The zero-order chi connectivity index (χ0) is 18.7. The number of ether oxygens (including phenoxy) is 1. The van der Waals surface area contributed by atoms with E-state index in [1.54, 1.807) is 44.1 Å². The number of fused-ring (bicyclic) bond motifs is 1. The molecular formula is C17H21N5O3S. The second-order valence-corrected chi connectivity index (χ2v) is 7.04. The summed E-state index contributed by atoms with van der Waals surface area (Å²) in [4.78, 5) is 30.3. The van der Waals surface area contributed by atoms with E-state index in [0.29, 0.717) is 23.5 Å². The van der Waals surface area contributed by atoms with Gasteiger partial charge in [0.1, 0.15) is 5.75 Å². The predicted octanol–water partition coefficient (Wildman–Crippen LogP) is 2.02. The summed E-state index contributed by atoms with van der Waals surface area (Å²) in [7, 11) is 4.83. The molecule has 0 fully saturated rings. The third-order valence-electron chi connectivity index (χ3n) is 3.88. The second-order valence-electron chi connectivity index (χ2n) is 5.98. The first-order valence-electron chi connectivity index (χ1n) is 8.11. The Morgan fingerprint density at radius 3 is 2.88 bits per heavy atom. The number of carbonyl (C=O) groups excluding carboxylic acids is 2. The Balaban J connectivity index is 1.63. The van der Waals surface area contributed by atoms with Crippen LogP contribution in [-0.4, -0.2) is 53.3 Å². The van der Waals surface area contributed by atoms with E-state index in [1.165, 1.54) is 12.0 Å². The molecule has 26 heavy (non-hydrogen) atoms. The summed E-state index contributed by atoms with van der Waals surface area (Å²) in [6, 6.07) is 4.58. The van der Waals surface area contributed by atoms with Gasteiger partial charge >= 0.3 is 6.03 Å². The standard InChI is InChI=1S/C17H21N5O3S/c1-21(2)15(23)13-8-11(4-5-14(13)25-3)19-16(24)18-9-12-10-22-6-7-26-17(22)20-12/h4-5,8,10H,6-7,9H2,1-3H3,(H2,18,19,24). The highest BCUT2D eigenvalue weighted by molar-refractivity contribution is 7.99. The molecule has 0 saturated carbocycles. The van der Waals surface area contributed by atoms with Crippen LogP contribution in [0.15, 0.2) is 29.6 Å². The van der Waals surface area contributed by atoms with Gasteiger partial charge in [-0.1, -0.05) is 11.8 Å². The number of nitrogens with zero attached hydrogens (tertiary/aromatic N) is 3. The van der Waals surface area contributed by atoms with Crippen molar-refractivity contribution in [1.82, 2.24) is 19.8 Å². The monoisotopic (exact) mass is 375 g/mol. The number of hydrogen-bond acceptors (Lipinski definition) is 5. The van der Waals surface area contributed by atoms with Crippen molar-refractivity contribution in [2.24, 2.45) is 0 Å². The minimum atomic E-state index is -0.362. The quantitative estimate of drug-likeness (QED) is 0.835. The largest absolute Gasteiger partial charge is 0.496 e. The topological polar surface area (TPSA) is 88.5 Å². The summed E-state index contributed by atoms with van der Waals surface area (Å²) in [5.74, 6) is 1.30. The van der Waals surface area contributed by atoms with E-state index in [1.807, 2.05) is 6.20 Å². The summed E-state index contributed by atoms with van der Waals surface area (Å²) in [5.41, 5.74) is 1.72. The molecule has 1 aliphatic rings. The number of anilines is 1. The van der Waals surface area contributed by atoms with Gasteiger partial charge in [0, 0.05) is 38.3 Å². The highest BCUT2D eigenvalue weighted by Gasteiger charge is 2.17. The fourth-order valence-corrected chi connectivity index (χ4v) is 3.55. The molecule has 3 amide bonds. The fourth-order valence-electron chi connectivity index (χ4n) is 2.59. The van der Waals surface area contributed by atoms with Gasteiger partial charge in [0.05, 0.1) is 24.9 Å². The number of nitrogens with one attached hydrogen (secondary N) is 2. The maximum Gasteiger partial charge on any atom is 0.319 e. The molecule has 0 bridgehead atoms. The number of aromatic nitrogens is 2. The summed E-state index contributed by atoms with van der Waals surface area (Å²) in [5, 5.41) is 6.50. The van der Waals surface area contributed by atoms with Gasteiger partial charge in [-0.2, -0.15) is 0 Å². The van der Waals surface area contributed by atoms with Gasteiger partial charge in [0.15, 0.2) is 5.16 Å². The molecular weight excluding hydrogens is 354 g/mol. The molecule has 0 aliphatic carbocycles. The van der Waals surface area contributed by atoms with Gasteiger partial charge in [-0.3, -0.25) is 4.79 Å². The Bertz CT molecular complexity index is 812. The number of hydrogen-bond donors (Lipinski definition) is 2. The van der Waals surface area contributed by atoms with Gasteiger partial charge in [-0.05, 0) is 18.2 Å². The first kappa shape index (κ1) is 18.1. The van der Waals surface area contributed by atoms with E-state index in [2.05, 4.69) is 20.2 Å².